The Morgan fingerprint density at radius 1 is 1.25 bits per heavy atom. The van der Waals surface area contributed by atoms with E-state index in [9.17, 15) is 8.42 Å². The van der Waals surface area contributed by atoms with Crippen molar-refractivity contribution in [1.82, 2.24) is 19.3 Å². The topological polar surface area (TPSA) is 68.1 Å². The zero-order valence-electron chi connectivity index (χ0n) is 11.2. The first-order valence-corrected chi connectivity index (χ1v) is 8.31. The molecular weight excluding hydrogens is 276 g/mol. The average Bonchev–Trinajstić information content (AvgIpc) is 3.08. The van der Waals surface area contributed by atoms with Gasteiger partial charge in [0.15, 0.2) is 0 Å². The fourth-order valence-corrected chi connectivity index (χ4v) is 3.30. The van der Waals surface area contributed by atoms with Gasteiger partial charge in [-0.15, -0.1) is 5.10 Å². The zero-order valence-corrected chi connectivity index (χ0v) is 12.0. The average molecular weight is 292 g/mol. The molecule has 1 atom stereocenters. The van der Waals surface area contributed by atoms with Gasteiger partial charge in [0, 0.05) is 18.7 Å². The third-order valence-corrected chi connectivity index (χ3v) is 4.82. The molecule has 1 aliphatic rings. The fraction of sp³-hybridized carbons (Fsp3) is 0.385. The van der Waals surface area contributed by atoms with Crippen molar-refractivity contribution in [2.45, 2.75) is 12.5 Å². The standard InChI is InChI=1S/C13H16N4O2S/c1-20(18,19)16-8-7-12(9-16)17-10-13(14-15-17)11-5-3-2-4-6-11/h2-6,10,12H,7-9H2,1H3. The van der Waals surface area contributed by atoms with E-state index in [0.29, 0.717) is 13.1 Å². The lowest BCUT2D eigenvalue weighted by Crippen LogP contribution is -2.28. The third kappa shape index (κ3) is 2.59. The van der Waals surface area contributed by atoms with Crippen molar-refractivity contribution in [2.75, 3.05) is 19.3 Å². The van der Waals surface area contributed by atoms with Crippen molar-refractivity contribution in [3.63, 3.8) is 0 Å². The van der Waals surface area contributed by atoms with Crippen LogP contribution in [-0.2, 0) is 10.0 Å². The minimum Gasteiger partial charge on any atom is -0.247 e. The van der Waals surface area contributed by atoms with Crippen LogP contribution in [0.4, 0.5) is 0 Å². The minimum absolute atomic E-state index is 0.0645. The van der Waals surface area contributed by atoms with E-state index in [1.807, 2.05) is 36.5 Å². The predicted molar refractivity (Wildman–Crippen MR) is 75.5 cm³/mol. The second-order valence-electron chi connectivity index (χ2n) is 5.01. The summed E-state index contributed by atoms with van der Waals surface area (Å²) in [7, 11) is -3.12. The zero-order chi connectivity index (χ0) is 14.2. The van der Waals surface area contributed by atoms with Gasteiger partial charge in [-0.25, -0.2) is 13.1 Å². The number of benzene rings is 1. The third-order valence-electron chi connectivity index (χ3n) is 3.55. The Bertz CT molecular complexity index is 696. The van der Waals surface area contributed by atoms with E-state index in [-0.39, 0.29) is 6.04 Å². The van der Waals surface area contributed by atoms with Crippen LogP contribution in [-0.4, -0.2) is 47.1 Å². The highest BCUT2D eigenvalue weighted by Crippen LogP contribution is 2.24. The molecule has 0 aliphatic carbocycles. The van der Waals surface area contributed by atoms with Gasteiger partial charge in [0.2, 0.25) is 10.0 Å². The van der Waals surface area contributed by atoms with Gasteiger partial charge < -0.3 is 0 Å². The van der Waals surface area contributed by atoms with Crippen LogP contribution in [0.1, 0.15) is 12.5 Å². The number of rotatable bonds is 3. The highest BCUT2D eigenvalue weighted by molar-refractivity contribution is 7.88. The molecule has 2 aromatic rings. The molecule has 0 saturated carbocycles. The first kappa shape index (κ1) is 13.3. The van der Waals surface area contributed by atoms with Crippen molar-refractivity contribution < 1.29 is 8.42 Å². The van der Waals surface area contributed by atoms with Crippen molar-refractivity contribution in [1.29, 1.82) is 0 Å². The minimum atomic E-state index is -3.12. The maximum absolute atomic E-state index is 11.5. The van der Waals surface area contributed by atoms with E-state index in [0.717, 1.165) is 17.7 Å². The van der Waals surface area contributed by atoms with Gasteiger partial charge in [0.1, 0.15) is 5.69 Å². The second kappa shape index (κ2) is 4.99. The molecule has 0 bridgehead atoms. The molecule has 1 fully saturated rings. The van der Waals surface area contributed by atoms with Gasteiger partial charge >= 0.3 is 0 Å². The van der Waals surface area contributed by atoms with Gasteiger partial charge in [0.05, 0.1) is 18.5 Å². The Hall–Kier alpha value is -1.73. The summed E-state index contributed by atoms with van der Waals surface area (Å²) in [6, 6.07) is 9.88. The number of sulfonamides is 1. The Labute approximate surface area is 118 Å². The van der Waals surface area contributed by atoms with Crippen molar-refractivity contribution in [2.24, 2.45) is 0 Å². The molecule has 0 radical (unpaired) electrons. The van der Waals surface area contributed by atoms with Gasteiger partial charge in [-0.05, 0) is 6.42 Å². The van der Waals surface area contributed by atoms with Crippen molar-refractivity contribution >= 4 is 10.0 Å². The summed E-state index contributed by atoms with van der Waals surface area (Å²) in [5.41, 5.74) is 1.82. The summed E-state index contributed by atoms with van der Waals surface area (Å²) in [5.74, 6) is 0. The Morgan fingerprint density at radius 2 is 2.00 bits per heavy atom. The van der Waals surface area contributed by atoms with E-state index in [4.69, 9.17) is 0 Å². The first-order chi connectivity index (χ1) is 9.54. The van der Waals surface area contributed by atoms with Crippen LogP contribution in [0.3, 0.4) is 0 Å². The summed E-state index contributed by atoms with van der Waals surface area (Å²) < 4.78 is 26.3. The molecule has 0 amide bonds. The number of nitrogens with zero attached hydrogens (tertiary/aromatic N) is 4. The van der Waals surface area contributed by atoms with E-state index in [1.165, 1.54) is 10.6 Å². The Morgan fingerprint density at radius 3 is 2.65 bits per heavy atom. The van der Waals surface area contributed by atoms with Crippen LogP contribution in [0.25, 0.3) is 11.3 Å². The Kier molecular flexibility index (Phi) is 3.31. The summed E-state index contributed by atoms with van der Waals surface area (Å²) in [6.07, 6.45) is 3.89. The molecule has 0 N–H and O–H groups in total. The van der Waals surface area contributed by atoms with Crippen LogP contribution in [0.5, 0.6) is 0 Å². The molecule has 1 aliphatic heterocycles. The largest absolute Gasteiger partial charge is 0.247 e. The SMILES string of the molecule is CS(=O)(=O)N1CCC(n2cc(-c3ccccc3)nn2)C1. The van der Waals surface area contributed by atoms with E-state index >= 15 is 0 Å². The monoisotopic (exact) mass is 292 g/mol. The molecule has 1 saturated heterocycles. The van der Waals surface area contributed by atoms with Crippen LogP contribution in [0, 0.1) is 0 Å². The highest BCUT2D eigenvalue weighted by Gasteiger charge is 2.30. The molecule has 2 heterocycles. The lowest BCUT2D eigenvalue weighted by atomic mass is 10.2. The number of aromatic nitrogens is 3. The summed E-state index contributed by atoms with van der Waals surface area (Å²) in [4.78, 5) is 0. The second-order valence-corrected chi connectivity index (χ2v) is 7.00. The first-order valence-electron chi connectivity index (χ1n) is 6.46. The van der Waals surface area contributed by atoms with Crippen LogP contribution in [0.2, 0.25) is 0 Å². The fourth-order valence-electron chi connectivity index (χ4n) is 2.42. The molecule has 1 aromatic carbocycles. The highest BCUT2D eigenvalue weighted by atomic mass is 32.2. The predicted octanol–water partition coefficient (Wildman–Crippen LogP) is 1.15. The van der Waals surface area contributed by atoms with Crippen LogP contribution < -0.4 is 0 Å². The molecule has 1 aromatic heterocycles. The maximum Gasteiger partial charge on any atom is 0.211 e. The van der Waals surface area contributed by atoms with E-state index < -0.39 is 10.0 Å². The summed E-state index contributed by atoms with van der Waals surface area (Å²) in [6.45, 7) is 1.01. The summed E-state index contributed by atoms with van der Waals surface area (Å²) in [5, 5.41) is 8.30. The molecule has 7 heteroatoms. The van der Waals surface area contributed by atoms with Gasteiger partial charge in [-0.2, -0.15) is 4.31 Å². The lowest BCUT2D eigenvalue weighted by Gasteiger charge is -2.12. The number of hydrogen-bond donors (Lipinski definition) is 0. The normalized spacial score (nSPS) is 20.4. The molecule has 106 valence electrons. The van der Waals surface area contributed by atoms with E-state index in [2.05, 4.69) is 10.3 Å². The lowest BCUT2D eigenvalue weighted by molar-refractivity contribution is 0.431. The Balaban J connectivity index is 1.79. The van der Waals surface area contributed by atoms with Crippen LogP contribution >= 0.6 is 0 Å². The smallest absolute Gasteiger partial charge is 0.211 e. The van der Waals surface area contributed by atoms with Gasteiger partial charge in [-0.1, -0.05) is 35.5 Å². The molecule has 20 heavy (non-hydrogen) atoms. The quantitative estimate of drug-likeness (QED) is 0.851. The number of hydrogen-bond acceptors (Lipinski definition) is 4. The molecule has 3 rings (SSSR count). The van der Waals surface area contributed by atoms with Crippen LogP contribution in [0.15, 0.2) is 36.5 Å². The molecule has 1 unspecified atom stereocenters. The van der Waals surface area contributed by atoms with Crippen molar-refractivity contribution in [3.05, 3.63) is 36.5 Å². The maximum atomic E-state index is 11.5. The molecule has 0 spiro atoms. The molecule has 6 nitrogen and oxygen atoms in total. The van der Waals surface area contributed by atoms with Crippen molar-refractivity contribution in [3.8, 4) is 11.3 Å². The summed E-state index contributed by atoms with van der Waals surface area (Å²) >= 11 is 0. The van der Waals surface area contributed by atoms with Gasteiger partial charge in [0.25, 0.3) is 0 Å². The molecular formula is C13H16N4O2S. The van der Waals surface area contributed by atoms with Gasteiger partial charge in [-0.3, -0.25) is 0 Å². The van der Waals surface area contributed by atoms with E-state index in [1.54, 1.807) is 4.68 Å².